The van der Waals surface area contributed by atoms with E-state index in [-0.39, 0.29) is 5.75 Å². The van der Waals surface area contributed by atoms with Crippen LogP contribution in [0.5, 0.6) is 0 Å². The summed E-state index contributed by atoms with van der Waals surface area (Å²) < 4.78 is 30.5. The van der Waals surface area contributed by atoms with Crippen molar-refractivity contribution < 1.29 is 13.2 Å². The van der Waals surface area contributed by atoms with Crippen LogP contribution in [0.25, 0.3) is 0 Å². The van der Waals surface area contributed by atoms with Gasteiger partial charge in [-0.15, -0.1) is 5.10 Å². The van der Waals surface area contributed by atoms with Gasteiger partial charge in [-0.3, -0.25) is 0 Å². The summed E-state index contributed by atoms with van der Waals surface area (Å²) in [7, 11) is -3.48. The van der Waals surface area contributed by atoms with Gasteiger partial charge in [0, 0.05) is 24.3 Å². The molecule has 0 unspecified atom stereocenters. The lowest BCUT2D eigenvalue weighted by Crippen LogP contribution is -2.42. The number of rotatable bonds is 18. The number of hydrogen-bond donors (Lipinski definition) is 2. The van der Waals surface area contributed by atoms with E-state index in [9.17, 15) is 8.42 Å². The second-order valence-electron chi connectivity index (χ2n) is 9.67. The molecular formula is C27H48N4O3S. The van der Waals surface area contributed by atoms with Crippen molar-refractivity contribution in [1.29, 1.82) is 0 Å². The predicted octanol–water partition coefficient (Wildman–Crippen LogP) is 5.66. The zero-order chi connectivity index (χ0) is 25.2. The SMILES string of the molecule is CCCCCCCCCCCCCCCCS(=O)(=O)N/N=C(\c1cccc(N)c1)N1CCOCC1. The fourth-order valence-electron chi connectivity index (χ4n) is 4.42. The number of anilines is 1. The van der Waals surface area contributed by atoms with Gasteiger partial charge in [0.25, 0.3) is 0 Å². The Morgan fingerprint density at radius 1 is 0.914 bits per heavy atom. The van der Waals surface area contributed by atoms with Crippen molar-refractivity contribution in [2.24, 2.45) is 5.10 Å². The summed E-state index contributed by atoms with van der Waals surface area (Å²) in [5.41, 5.74) is 7.35. The Kier molecular flexibility index (Phi) is 14.8. The highest BCUT2D eigenvalue weighted by molar-refractivity contribution is 7.89. The summed E-state index contributed by atoms with van der Waals surface area (Å²) in [5, 5.41) is 4.31. The number of morpholine rings is 1. The first-order valence-corrected chi connectivity index (χ1v) is 15.4. The van der Waals surface area contributed by atoms with Crippen LogP contribution >= 0.6 is 0 Å². The van der Waals surface area contributed by atoms with Crippen molar-refractivity contribution in [1.82, 2.24) is 9.73 Å². The quantitative estimate of drug-likeness (QED) is 0.0876. The minimum Gasteiger partial charge on any atom is -0.399 e. The Morgan fingerprint density at radius 2 is 1.46 bits per heavy atom. The molecule has 0 amide bonds. The third-order valence-corrected chi connectivity index (χ3v) is 7.71. The van der Waals surface area contributed by atoms with Gasteiger partial charge in [-0.2, -0.15) is 0 Å². The summed E-state index contributed by atoms with van der Waals surface area (Å²) in [6.45, 7) is 4.76. The smallest absolute Gasteiger partial charge is 0.247 e. The lowest BCUT2D eigenvalue weighted by Gasteiger charge is -2.29. The number of nitrogens with two attached hydrogens (primary N) is 1. The van der Waals surface area contributed by atoms with Gasteiger partial charge in [0.2, 0.25) is 10.0 Å². The van der Waals surface area contributed by atoms with Gasteiger partial charge in [0.1, 0.15) is 0 Å². The maximum absolute atomic E-state index is 12.5. The lowest BCUT2D eigenvalue weighted by molar-refractivity contribution is 0.0681. The van der Waals surface area contributed by atoms with Crippen LogP contribution in [0.3, 0.4) is 0 Å². The molecule has 1 aromatic carbocycles. The van der Waals surface area contributed by atoms with E-state index in [2.05, 4.69) is 16.9 Å². The molecule has 0 radical (unpaired) electrons. The van der Waals surface area contributed by atoms with Crippen molar-refractivity contribution in [2.75, 3.05) is 37.8 Å². The van der Waals surface area contributed by atoms with E-state index in [0.717, 1.165) is 18.4 Å². The molecule has 0 bridgehead atoms. The van der Waals surface area contributed by atoms with Gasteiger partial charge in [0.15, 0.2) is 5.84 Å². The maximum atomic E-state index is 12.5. The number of unbranched alkanes of at least 4 members (excludes halogenated alkanes) is 13. The Labute approximate surface area is 213 Å². The Hall–Kier alpha value is -1.80. The van der Waals surface area contributed by atoms with Crippen LogP contribution in [0, 0.1) is 0 Å². The summed E-state index contributed by atoms with van der Waals surface area (Å²) in [6, 6.07) is 7.37. The van der Waals surface area contributed by atoms with Gasteiger partial charge in [-0.25, -0.2) is 13.2 Å². The topological polar surface area (TPSA) is 97.0 Å². The van der Waals surface area contributed by atoms with Crippen LogP contribution in [-0.4, -0.2) is 51.2 Å². The van der Waals surface area contributed by atoms with Crippen molar-refractivity contribution in [3.05, 3.63) is 29.8 Å². The molecule has 1 aliphatic heterocycles. The molecule has 0 spiro atoms. The van der Waals surface area contributed by atoms with Gasteiger partial charge in [0.05, 0.1) is 19.0 Å². The second-order valence-corrected chi connectivity index (χ2v) is 11.5. The van der Waals surface area contributed by atoms with Crippen molar-refractivity contribution >= 4 is 21.5 Å². The highest BCUT2D eigenvalue weighted by Gasteiger charge is 2.19. The van der Waals surface area contributed by atoms with Gasteiger partial charge in [-0.05, 0) is 18.6 Å². The molecule has 35 heavy (non-hydrogen) atoms. The van der Waals surface area contributed by atoms with Crippen LogP contribution in [0.4, 0.5) is 5.69 Å². The average molecular weight is 509 g/mol. The largest absolute Gasteiger partial charge is 0.399 e. The highest BCUT2D eigenvalue weighted by atomic mass is 32.2. The normalized spacial score (nSPS) is 14.9. The predicted molar refractivity (Wildman–Crippen MR) is 147 cm³/mol. The first-order chi connectivity index (χ1) is 17.0. The number of benzene rings is 1. The van der Waals surface area contributed by atoms with Crippen LogP contribution in [0.2, 0.25) is 0 Å². The molecule has 7 nitrogen and oxygen atoms in total. The van der Waals surface area contributed by atoms with Crippen molar-refractivity contribution in [3.63, 3.8) is 0 Å². The molecule has 0 aromatic heterocycles. The molecule has 1 saturated heterocycles. The Bertz CT molecular complexity index is 823. The lowest BCUT2D eigenvalue weighted by atomic mass is 10.0. The molecule has 3 N–H and O–H groups in total. The van der Waals surface area contributed by atoms with Crippen molar-refractivity contribution in [3.8, 4) is 0 Å². The van der Waals surface area contributed by atoms with E-state index >= 15 is 0 Å². The van der Waals surface area contributed by atoms with E-state index < -0.39 is 10.0 Å². The van der Waals surface area contributed by atoms with Crippen molar-refractivity contribution in [2.45, 2.75) is 96.8 Å². The molecule has 1 aliphatic rings. The third kappa shape index (κ3) is 13.2. The number of nitrogens with one attached hydrogen (secondary N) is 1. The molecule has 0 atom stereocenters. The average Bonchev–Trinajstić information content (AvgIpc) is 2.85. The van der Waals surface area contributed by atoms with Gasteiger partial charge in [-0.1, -0.05) is 103 Å². The zero-order valence-corrected chi connectivity index (χ0v) is 22.7. The van der Waals surface area contributed by atoms with Crippen LogP contribution in [0.15, 0.2) is 29.4 Å². The van der Waals surface area contributed by atoms with Gasteiger partial charge < -0.3 is 15.4 Å². The number of nitrogens with zero attached hydrogens (tertiary/aromatic N) is 2. The Morgan fingerprint density at radius 3 is 2.00 bits per heavy atom. The summed E-state index contributed by atoms with van der Waals surface area (Å²) >= 11 is 0. The second kappa shape index (κ2) is 17.6. The molecule has 0 saturated carbocycles. The molecule has 8 heteroatoms. The Balaban J connectivity index is 1.63. The highest BCUT2D eigenvalue weighted by Crippen LogP contribution is 2.14. The standard InChI is InChI=1S/C27H48N4O3S/c1-2-3-4-5-6-7-8-9-10-11-12-13-14-15-23-35(32,33)30-29-27(31-19-21-34-22-20-31)25-17-16-18-26(28)24-25/h16-18,24,30H,2-15,19-23,28H2,1H3/b29-27+. The minimum absolute atomic E-state index is 0.0991. The zero-order valence-electron chi connectivity index (χ0n) is 21.8. The molecular weight excluding hydrogens is 460 g/mol. The van der Waals surface area contributed by atoms with Crippen LogP contribution in [0.1, 0.15) is 102 Å². The van der Waals surface area contributed by atoms with Crippen LogP contribution < -0.4 is 10.6 Å². The number of nitrogen functional groups attached to an aromatic ring is 1. The molecule has 1 heterocycles. The number of ether oxygens (including phenoxy) is 1. The van der Waals surface area contributed by atoms with E-state index in [4.69, 9.17) is 10.5 Å². The van der Waals surface area contributed by atoms with E-state index in [1.807, 2.05) is 23.1 Å². The van der Waals surface area contributed by atoms with E-state index in [1.54, 1.807) is 6.07 Å². The van der Waals surface area contributed by atoms with E-state index in [0.29, 0.717) is 44.2 Å². The number of amidine groups is 1. The fraction of sp³-hybridized carbons (Fsp3) is 0.741. The minimum atomic E-state index is -3.48. The summed E-state index contributed by atoms with van der Waals surface area (Å²) in [4.78, 5) is 4.49. The van der Waals surface area contributed by atoms with Crippen LogP contribution in [-0.2, 0) is 14.8 Å². The molecule has 2 rings (SSSR count). The van der Waals surface area contributed by atoms with Gasteiger partial charge >= 0.3 is 0 Å². The monoisotopic (exact) mass is 508 g/mol. The summed E-state index contributed by atoms with van der Waals surface area (Å²) in [6.07, 6.45) is 17.4. The molecule has 0 aliphatic carbocycles. The third-order valence-electron chi connectivity index (χ3n) is 6.51. The van der Waals surface area contributed by atoms with E-state index in [1.165, 1.54) is 70.6 Å². The maximum Gasteiger partial charge on any atom is 0.247 e. The first kappa shape index (κ1) is 29.4. The first-order valence-electron chi connectivity index (χ1n) is 13.8. The number of sulfonamides is 1. The number of hydrazone groups is 1. The molecule has 1 aromatic rings. The fourth-order valence-corrected chi connectivity index (χ4v) is 5.32. The number of hydrogen-bond acceptors (Lipinski definition) is 5. The molecule has 200 valence electrons. The summed E-state index contributed by atoms with van der Waals surface area (Å²) in [5.74, 6) is 0.687. The molecule has 1 fully saturated rings.